The number of carbonyl (C=O) groups excluding carboxylic acids is 2. The zero-order chi connectivity index (χ0) is 13.0. The molecule has 0 radical (unpaired) electrons. The van der Waals surface area contributed by atoms with Crippen molar-refractivity contribution in [3.05, 3.63) is 28.7 Å². The van der Waals surface area contributed by atoms with Crippen LogP contribution in [0.15, 0.2) is 28.7 Å². The predicted octanol–water partition coefficient (Wildman–Crippen LogP) is 1.85. The van der Waals surface area contributed by atoms with Gasteiger partial charge in [0.25, 0.3) is 0 Å². The van der Waals surface area contributed by atoms with Crippen LogP contribution in [0.1, 0.15) is 12.8 Å². The van der Waals surface area contributed by atoms with Crippen molar-refractivity contribution in [3.8, 4) is 0 Å². The molecule has 0 unspecified atom stereocenters. The number of carbonyl (C=O) groups is 2. The average molecular weight is 312 g/mol. The highest BCUT2D eigenvalue weighted by Crippen LogP contribution is 2.13. The molecule has 0 aliphatic carbocycles. The number of halogens is 1. The van der Waals surface area contributed by atoms with Gasteiger partial charge in [0.1, 0.15) is 0 Å². The number of hydrogen-bond acceptors (Lipinski definition) is 3. The van der Waals surface area contributed by atoms with E-state index in [9.17, 15) is 9.59 Å². The molecule has 0 saturated carbocycles. The third-order valence-electron chi connectivity index (χ3n) is 2.72. The van der Waals surface area contributed by atoms with Crippen molar-refractivity contribution < 1.29 is 9.59 Å². The first kappa shape index (κ1) is 13.0. The number of anilines is 1. The van der Waals surface area contributed by atoms with Crippen molar-refractivity contribution in [2.24, 2.45) is 0 Å². The third kappa shape index (κ3) is 3.54. The minimum Gasteiger partial charge on any atom is -0.308 e. The number of hydrogen-bond donors (Lipinski definition) is 3. The van der Waals surface area contributed by atoms with Gasteiger partial charge in [-0.1, -0.05) is 15.9 Å². The van der Waals surface area contributed by atoms with Gasteiger partial charge in [-0.25, -0.2) is 4.79 Å². The number of benzene rings is 1. The highest BCUT2D eigenvalue weighted by Gasteiger charge is 2.23. The lowest BCUT2D eigenvalue weighted by atomic mass is 10.2. The summed E-state index contributed by atoms with van der Waals surface area (Å²) in [6.45, 7) is 0.826. The van der Waals surface area contributed by atoms with E-state index >= 15 is 0 Å². The minimum absolute atomic E-state index is 0.249. The molecule has 1 aromatic rings. The lowest BCUT2D eigenvalue weighted by Crippen LogP contribution is -2.44. The van der Waals surface area contributed by atoms with E-state index in [0.29, 0.717) is 5.69 Å². The Hall–Kier alpha value is -1.40. The van der Waals surface area contributed by atoms with Gasteiger partial charge < -0.3 is 10.6 Å². The first-order chi connectivity index (χ1) is 8.65. The zero-order valence-corrected chi connectivity index (χ0v) is 11.3. The molecule has 1 aliphatic heterocycles. The molecule has 6 heteroatoms. The van der Waals surface area contributed by atoms with Crippen molar-refractivity contribution in [1.82, 2.24) is 10.6 Å². The van der Waals surface area contributed by atoms with Gasteiger partial charge in [0.05, 0.1) is 6.04 Å². The Bertz CT molecular complexity index is 441. The van der Waals surface area contributed by atoms with Gasteiger partial charge in [-0.15, -0.1) is 0 Å². The standard InChI is InChI=1S/C12H14BrN3O2/c13-8-3-5-9(6-4-8)15-12(18)16-11(17)10-2-1-7-14-10/h3-6,10,14H,1-2,7H2,(H2,15,16,17,18)/t10-/m0/s1. The van der Waals surface area contributed by atoms with Crippen molar-refractivity contribution in [2.75, 3.05) is 11.9 Å². The lowest BCUT2D eigenvalue weighted by molar-refractivity contribution is -0.121. The minimum atomic E-state index is -0.504. The highest BCUT2D eigenvalue weighted by atomic mass is 79.9. The molecule has 1 heterocycles. The molecule has 1 fully saturated rings. The topological polar surface area (TPSA) is 70.2 Å². The number of rotatable bonds is 2. The van der Waals surface area contributed by atoms with Crippen LogP contribution in [0, 0.1) is 0 Å². The van der Waals surface area contributed by atoms with Crippen LogP contribution in [-0.2, 0) is 4.79 Å². The molecule has 18 heavy (non-hydrogen) atoms. The van der Waals surface area contributed by atoms with Gasteiger partial charge in [0.15, 0.2) is 0 Å². The summed E-state index contributed by atoms with van der Waals surface area (Å²) in [5.41, 5.74) is 0.642. The smallest absolute Gasteiger partial charge is 0.308 e. The van der Waals surface area contributed by atoms with E-state index in [2.05, 4.69) is 31.9 Å². The summed E-state index contributed by atoms with van der Waals surface area (Å²) in [4.78, 5) is 23.2. The van der Waals surface area contributed by atoms with Gasteiger partial charge in [0, 0.05) is 10.2 Å². The Morgan fingerprint density at radius 2 is 2.00 bits per heavy atom. The second-order valence-corrected chi connectivity index (χ2v) is 5.01. The van der Waals surface area contributed by atoms with E-state index in [1.54, 1.807) is 12.1 Å². The summed E-state index contributed by atoms with van der Waals surface area (Å²) in [5, 5.41) is 7.96. The second kappa shape index (κ2) is 5.97. The fourth-order valence-corrected chi connectivity index (χ4v) is 2.07. The molecule has 0 bridgehead atoms. The zero-order valence-electron chi connectivity index (χ0n) is 9.70. The number of imide groups is 1. The summed E-state index contributed by atoms with van der Waals surface area (Å²) in [6.07, 6.45) is 1.74. The summed E-state index contributed by atoms with van der Waals surface area (Å²) >= 11 is 3.31. The van der Waals surface area contributed by atoms with Crippen molar-refractivity contribution >= 4 is 33.6 Å². The predicted molar refractivity (Wildman–Crippen MR) is 72.3 cm³/mol. The highest BCUT2D eigenvalue weighted by molar-refractivity contribution is 9.10. The molecule has 96 valence electrons. The maximum Gasteiger partial charge on any atom is 0.325 e. The van der Waals surface area contributed by atoms with Crippen LogP contribution in [0.3, 0.4) is 0 Å². The molecule has 5 nitrogen and oxygen atoms in total. The van der Waals surface area contributed by atoms with Gasteiger partial charge in [-0.2, -0.15) is 0 Å². The first-order valence-electron chi connectivity index (χ1n) is 5.76. The maximum absolute atomic E-state index is 11.7. The van der Waals surface area contributed by atoms with E-state index in [1.807, 2.05) is 12.1 Å². The van der Waals surface area contributed by atoms with Crippen LogP contribution in [-0.4, -0.2) is 24.5 Å². The molecule has 2 rings (SSSR count). The van der Waals surface area contributed by atoms with Gasteiger partial charge in [0.2, 0.25) is 5.91 Å². The quantitative estimate of drug-likeness (QED) is 0.780. The Morgan fingerprint density at radius 3 is 2.61 bits per heavy atom. The second-order valence-electron chi connectivity index (χ2n) is 4.10. The van der Waals surface area contributed by atoms with Crippen molar-refractivity contribution in [3.63, 3.8) is 0 Å². The van der Waals surface area contributed by atoms with Crippen molar-refractivity contribution in [1.29, 1.82) is 0 Å². The largest absolute Gasteiger partial charge is 0.325 e. The molecule has 1 aromatic carbocycles. The van der Waals surface area contributed by atoms with E-state index < -0.39 is 6.03 Å². The Kier molecular flexibility index (Phi) is 4.33. The SMILES string of the molecule is O=C(NC(=O)[C@@H]1CCCN1)Nc1ccc(Br)cc1. The lowest BCUT2D eigenvalue weighted by Gasteiger charge is -2.11. The van der Waals surface area contributed by atoms with E-state index in [4.69, 9.17) is 0 Å². The van der Waals surface area contributed by atoms with E-state index in [-0.39, 0.29) is 11.9 Å². The van der Waals surface area contributed by atoms with E-state index in [1.165, 1.54) is 0 Å². The van der Waals surface area contributed by atoms with Crippen LogP contribution < -0.4 is 16.0 Å². The molecule has 1 aliphatic rings. The summed E-state index contributed by atoms with van der Waals surface area (Å²) in [6, 6.07) is 6.38. The average Bonchev–Trinajstić information content (AvgIpc) is 2.85. The van der Waals surface area contributed by atoms with Gasteiger partial charge in [-0.3, -0.25) is 10.1 Å². The molecule has 1 saturated heterocycles. The van der Waals surface area contributed by atoms with Crippen molar-refractivity contribution in [2.45, 2.75) is 18.9 Å². The van der Waals surface area contributed by atoms with Gasteiger partial charge in [-0.05, 0) is 43.7 Å². The van der Waals surface area contributed by atoms with Crippen LogP contribution in [0.5, 0.6) is 0 Å². The Balaban J connectivity index is 1.84. The molecule has 0 spiro atoms. The molecule has 3 amide bonds. The fourth-order valence-electron chi connectivity index (χ4n) is 1.80. The Labute approximate surface area is 113 Å². The summed E-state index contributed by atoms with van der Waals surface area (Å²) in [7, 11) is 0. The number of amides is 3. The number of urea groups is 1. The molecule has 3 N–H and O–H groups in total. The van der Waals surface area contributed by atoms with Crippen LogP contribution >= 0.6 is 15.9 Å². The fraction of sp³-hybridized carbons (Fsp3) is 0.333. The van der Waals surface area contributed by atoms with Gasteiger partial charge >= 0.3 is 6.03 Å². The summed E-state index contributed by atoms with van der Waals surface area (Å²) in [5.74, 6) is -0.276. The van der Waals surface area contributed by atoms with Crippen LogP contribution in [0.4, 0.5) is 10.5 Å². The van der Waals surface area contributed by atoms with Crippen LogP contribution in [0.25, 0.3) is 0 Å². The molecular weight excluding hydrogens is 298 g/mol. The molecular formula is C12H14BrN3O2. The normalized spacial score (nSPS) is 18.4. The molecule has 1 atom stereocenters. The monoisotopic (exact) mass is 311 g/mol. The first-order valence-corrected chi connectivity index (χ1v) is 6.55. The van der Waals surface area contributed by atoms with E-state index in [0.717, 1.165) is 23.9 Å². The Morgan fingerprint density at radius 1 is 1.28 bits per heavy atom. The maximum atomic E-state index is 11.7. The summed E-state index contributed by atoms with van der Waals surface area (Å²) < 4.78 is 0.930. The van der Waals surface area contributed by atoms with Crippen LogP contribution in [0.2, 0.25) is 0 Å². The third-order valence-corrected chi connectivity index (χ3v) is 3.24. The molecule has 0 aromatic heterocycles. The number of nitrogens with one attached hydrogen (secondary N) is 3.